The summed E-state index contributed by atoms with van der Waals surface area (Å²) < 4.78 is 35.8. The van der Waals surface area contributed by atoms with Gasteiger partial charge >= 0.3 is 17.1 Å². The maximum Gasteiger partial charge on any atom is 0.335 e. The fourth-order valence-corrected chi connectivity index (χ4v) is 17.2. The third-order valence-electron chi connectivity index (χ3n) is 8.36. The van der Waals surface area contributed by atoms with E-state index in [2.05, 4.69) is 75.7 Å². The van der Waals surface area contributed by atoms with Crippen LogP contribution >= 0.6 is 0 Å². The zero-order chi connectivity index (χ0) is 30.4. The van der Waals surface area contributed by atoms with Crippen LogP contribution in [0.3, 0.4) is 0 Å². The standard InChI is InChI=1S/C27H47N5O7Si2/c1-14(2)24(33)30-27-29-23-20(25(34)31-27)28-13-32(23)26-22(35-11)21-19(37-26)12-36-40(15(3)4,16(5)6)39-41(38-21,17(7)8)18(9)10/h13-19,21-22,26H,12H2,1-11H3,(H2,29,30,31,33,34)/t19-,21-,22-,26-/m1/s1. The molecule has 41 heavy (non-hydrogen) atoms. The number of ether oxygens (including phenoxy) is 2. The molecule has 2 aliphatic rings. The second-order valence-electron chi connectivity index (χ2n) is 12.7. The number of H-pyrrole nitrogens is 1. The summed E-state index contributed by atoms with van der Waals surface area (Å²) >= 11 is 0. The quantitative estimate of drug-likeness (QED) is 0.412. The summed E-state index contributed by atoms with van der Waals surface area (Å²) in [6.45, 7) is 21.2. The number of nitrogens with one attached hydrogen (secondary N) is 2. The molecule has 2 N–H and O–H groups in total. The molecule has 0 spiro atoms. The first-order valence-electron chi connectivity index (χ1n) is 14.7. The van der Waals surface area contributed by atoms with Crippen molar-refractivity contribution < 1.29 is 27.2 Å². The number of imidazole rings is 1. The van der Waals surface area contributed by atoms with Gasteiger partial charge in [0.15, 0.2) is 17.4 Å². The Hall–Kier alpha value is -1.95. The predicted octanol–water partition coefficient (Wildman–Crippen LogP) is 4.58. The van der Waals surface area contributed by atoms with E-state index in [1.165, 1.54) is 6.33 Å². The summed E-state index contributed by atoms with van der Waals surface area (Å²) in [5.74, 6) is -0.503. The number of anilines is 1. The Labute approximate surface area is 244 Å². The van der Waals surface area contributed by atoms with Gasteiger partial charge < -0.3 is 22.4 Å². The average Bonchev–Trinajstić information content (AvgIpc) is 3.44. The van der Waals surface area contributed by atoms with Crippen molar-refractivity contribution in [2.75, 3.05) is 19.0 Å². The van der Waals surface area contributed by atoms with Gasteiger partial charge in [-0.2, -0.15) is 4.98 Å². The van der Waals surface area contributed by atoms with Gasteiger partial charge in [0.2, 0.25) is 11.9 Å². The smallest absolute Gasteiger partial charge is 0.335 e. The third-order valence-corrected chi connectivity index (χ3v) is 18.6. The van der Waals surface area contributed by atoms with Crippen molar-refractivity contribution in [3.05, 3.63) is 16.7 Å². The molecular weight excluding hydrogens is 562 g/mol. The van der Waals surface area contributed by atoms with E-state index in [4.69, 9.17) is 22.4 Å². The molecule has 1 amide bonds. The second-order valence-corrected chi connectivity index (χ2v) is 21.6. The zero-order valence-corrected chi connectivity index (χ0v) is 28.2. The third kappa shape index (κ3) is 5.59. The lowest BCUT2D eigenvalue weighted by atomic mass is 10.1. The number of methoxy groups -OCH3 is 1. The number of nitrogens with zero attached hydrogens (tertiary/aromatic N) is 3. The van der Waals surface area contributed by atoms with Crippen LogP contribution in [-0.4, -0.2) is 74.6 Å². The molecule has 12 nitrogen and oxygen atoms in total. The Morgan fingerprint density at radius 2 is 1.66 bits per heavy atom. The van der Waals surface area contributed by atoms with Crippen molar-refractivity contribution in [1.82, 2.24) is 19.5 Å². The molecule has 230 valence electrons. The number of amides is 1. The molecule has 2 aromatic heterocycles. The Bertz CT molecular complexity index is 1280. The summed E-state index contributed by atoms with van der Waals surface area (Å²) in [5.41, 5.74) is 0.644. The van der Waals surface area contributed by atoms with E-state index < -0.39 is 47.2 Å². The van der Waals surface area contributed by atoms with E-state index in [0.717, 1.165) is 0 Å². The molecule has 2 fully saturated rings. The number of aromatic amines is 1. The second kappa shape index (κ2) is 12.0. The highest BCUT2D eigenvalue weighted by atomic mass is 28.5. The largest absolute Gasteiger partial charge is 0.414 e. The minimum atomic E-state index is -2.91. The maximum atomic E-state index is 12.9. The molecule has 14 heteroatoms. The van der Waals surface area contributed by atoms with Crippen LogP contribution in [0.5, 0.6) is 0 Å². The predicted molar refractivity (Wildman–Crippen MR) is 160 cm³/mol. The van der Waals surface area contributed by atoms with Crippen LogP contribution in [0.4, 0.5) is 5.95 Å². The number of aromatic nitrogens is 4. The van der Waals surface area contributed by atoms with Gasteiger partial charge in [0.25, 0.3) is 5.56 Å². The van der Waals surface area contributed by atoms with Crippen molar-refractivity contribution in [2.24, 2.45) is 5.92 Å². The van der Waals surface area contributed by atoms with Gasteiger partial charge in [0.1, 0.15) is 18.3 Å². The first kappa shape index (κ1) is 32.0. The Morgan fingerprint density at radius 1 is 1.05 bits per heavy atom. The van der Waals surface area contributed by atoms with Crippen LogP contribution in [-0.2, 0) is 27.2 Å². The fraction of sp³-hybridized carbons (Fsp3) is 0.778. The average molecular weight is 610 g/mol. The van der Waals surface area contributed by atoms with Crippen molar-refractivity contribution in [3.8, 4) is 0 Å². The monoisotopic (exact) mass is 609 g/mol. The lowest BCUT2D eigenvalue weighted by Gasteiger charge is -2.51. The molecule has 0 radical (unpaired) electrons. The van der Waals surface area contributed by atoms with Crippen LogP contribution < -0.4 is 10.9 Å². The Balaban J connectivity index is 1.80. The molecular formula is C27H47N5O7Si2. The number of carbonyl (C=O) groups is 1. The van der Waals surface area contributed by atoms with E-state index >= 15 is 0 Å². The first-order chi connectivity index (χ1) is 19.2. The first-order valence-corrected chi connectivity index (χ1v) is 18.6. The van der Waals surface area contributed by atoms with Crippen molar-refractivity contribution in [1.29, 1.82) is 0 Å². The Morgan fingerprint density at radius 3 is 2.20 bits per heavy atom. The van der Waals surface area contributed by atoms with Gasteiger partial charge in [-0.3, -0.25) is 24.5 Å². The summed E-state index contributed by atoms with van der Waals surface area (Å²) in [5, 5.41) is 2.67. The number of rotatable bonds is 8. The summed E-state index contributed by atoms with van der Waals surface area (Å²) in [6.07, 6.45) is -0.666. The summed E-state index contributed by atoms with van der Waals surface area (Å²) in [7, 11) is -4.03. The van der Waals surface area contributed by atoms with Crippen molar-refractivity contribution in [2.45, 2.75) is 116 Å². The normalized spacial score (nSPS) is 26.2. The number of fused-ring (bicyclic) bond motifs is 2. The molecule has 0 unspecified atom stereocenters. The molecule has 0 aliphatic carbocycles. The molecule has 4 atom stereocenters. The maximum absolute atomic E-state index is 12.9. The number of carbonyl (C=O) groups excluding carboxylic acids is 1. The molecule has 2 aromatic rings. The molecule has 2 aliphatic heterocycles. The minimum absolute atomic E-state index is 0.0459. The Kier molecular flexibility index (Phi) is 9.34. The number of hydrogen-bond acceptors (Lipinski definition) is 9. The van der Waals surface area contributed by atoms with Gasteiger partial charge in [0.05, 0.1) is 12.9 Å². The molecule has 0 bridgehead atoms. The zero-order valence-electron chi connectivity index (χ0n) is 26.2. The lowest BCUT2D eigenvalue weighted by molar-refractivity contribution is -0.118. The summed E-state index contributed by atoms with van der Waals surface area (Å²) in [4.78, 5) is 36.6. The van der Waals surface area contributed by atoms with E-state index in [9.17, 15) is 9.59 Å². The minimum Gasteiger partial charge on any atom is -0.414 e. The highest BCUT2D eigenvalue weighted by Gasteiger charge is 2.62. The van der Waals surface area contributed by atoms with Crippen LogP contribution in [0.15, 0.2) is 11.1 Å². The lowest BCUT2D eigenvalue weighted by Crippen LogP contribution is -2.65. The van der Waals surface area contributed by atoms with E-state index in [-0.39, 0.29) is 51.1 Å². The van der Waals surface area contributed by atoms with Gasteiger partial charge in [-0.1, -0.05) is 69.2 Å². The highest BCUT2D eigenvalue weighted by Crippen LogP contribution is 2.48. The van der Waals surface area contributed by atoms with E-state index in [1.807, 2.05) is 0 Å². The SMILES string of the molecule is CO[C@@H]1[C@@H]2O[Si](C(C)C)(C(C)C)O[Si](C(C)C)(C(C)C)OC[C@H]2O[C@H]1n1cnc2c(=O)[nH]c(NC(=O)C(C)C)nc21. The van der Waals surface area contributed by atoms with Crippen LogP contribution in [0.1, 0.15) is 75.5 Å². The van der Waals surface area contributed by atoms with Crippen LogP contribution in [0.25, 0.3) is 11.2 Å². The van der Waals surface area contributed by atoms with Crippen molar-refractivity contribution >= 4 is 40.1 Å². The highest BCUT2D eigenvalue weighted by molar-refractivity contribution is 6.84. The van der Waals surface area contributed by atoms with Gasteiger partial charge in [-0.25, -0.2) is 4.98 Å². The van der Waals surface area contributed by atoms with E-state index in [1.54, 1.807) is 25.5 Å². The van der Waals surface area contributed by atoms with Gasteiger partial charge in [-0.05, 0) is 22.2 Å². The molecule has 4 heterocycles. The fourth-order valence-electron chi connectivity index (χ4n) is 6.03. The van der Waals surface area contributed by atoms with Crippen LogP contribution in [0, 0.1) is 5.92 Å². The van der Waals surface area contributed by atoms with Crippen LogP contribution in [0.2, 0.25) is 22.2 Å². The van der Waals surface area contributed by atoms with Gasteiger partial charge in [-0.15, -0.1) is 0 Å². The molecule has 2 saturated heterocycles. The molecule has 0 aromatic carbocycles. The molecule has 0 saturated carbocycles. The summed E-state index contributed by atoms with van der Waals surface area (Å²) in [6, 6.07) is 0. The van der Waals surface area contributed by atoms with Gasteiger partial charge in [0, 0.05) is 13.0 Å². The van der Waals surface area contributed by atoms with Crippen molar-refractivity contribution in [3.63, 3.8) is 0 Å². The molecule has 4 rings (SSSR count). The topological polar surface area (TPSA) is 139 Å². The van der Waals surface area contributed by atoms with E-state index in [0.29, 0.717) is 6.61 Å². The number of hydrogen-bond donors (Lipinski definition) is 2.